The van der Waals surface area contributed by atoms with Crippen LogP contribution < -0.4 is 5.73 Å². The summed E-state index contributed by atoms with van der Waals surface area (Å²) in [7, 11) is 0. The van der Waals surface area contributed by atoms with Gasteiger partial charge in [0.15, 0.2) is 0 Å². The van der Waals surface area contributed by atoms with Crippen LogP contribution in [0, 0.1) is 0 Å². The van der Waals surface area contributed by atoms with E-state index < -0.39 is 0 Å². The molecule has 0 saturated heterocycles. The summed E-state index contributed by atoms with van der Waals surface area (Å²) in [6, 6.07) is 6.26. The normalized spacial score (nSPS) is 9.73. The predicted molar refractivity (Wildman–Crippen MR) is 70.3 cm³/mol. The predicted octanol–water partition coefficient (Wildman–Crippen LogP) is 4.37. The van der Waals surface area contributed by atoms with Crippen LogP contribution in [0.25, 0.3) is 0 Å². The van der Waals surface area contributed by atoms with Crippen LogP contribution in [0.4, 0.5) is 5.69 Å². The van der Waals surface area contributed by atoms with E-state index in [1.165, 1.54) is 17.5 Å². The minimum absolute atomic E-state index is 0.599. The maximum absolute atomic E-state index is 5.76. The Morgan fingerprint density at radius 3 is 2.27 bits per heavy atom. The first-order valence-corrected chi connectivity index (χ1v) is 6.03. The van der Waals surface area contributed by atoms with Gasteiger partial charge in [-0.2, -0.15) is 0 Å². The van der Waals surface area contributed by atoms with Crippen LogP contribution in [-0.2, 0) is 6.42 Å². The Kier molecular flexibility index (Phi) is 6.85. The summed E-state index contributed by atoms with van der Waals surface area (Å²) in [6.07, 6.45) is 2.32. The highest BCUT2D eigenvalue weighted by Crippen LogP contribution is 2.22. The molecule has 86 valence electrons. The van der Waals surface area contributed by atoms with Crippen molar-refractivity contribution in [2.75, 3.05) is 5.73 Å². The highest BCUT2D eigenvalue weighted by molar-refractivity contribution is 5.45. The minimum atomic E-state index is 0.599. The molecule has 0 unspecified atom stereocenters. The molecule has 1 heteroatoms. The van der Waals surface area contributed by atoms with Gasteiger partial charge in [0.1, 0.15) is 0 Å². The van der Waals surface area contributed by atoms with Crippen molar-refractivity contribution < 1.29 is 0 Å². The van der Waals surface area contributed by atoms with E-state index in [0.717, 1.165) is 12.1 Å². The molecule has 0 spiro atoms. The lowest BCUT2D eigenvalue weighted by Crippen LogP contribution is -1.98. The molecule has 0 aliphatic carbocycles. The number of rotatable bonds is 3. The van der Waals surface area contributed by atoms with Crippen molar-refractivity contribution in [2.45, 2.75) is 53.4 Å². The molecule has 0 amide bonds. The monoisotopic (exact) mass is 207 g/mol. The number of anilines is 1. The minimum Gasteiger partial charge on any atom is -0.399 e. The highest BCUT2D eigenvalue weighted by Gasteiger charge is 2.05. The van der Waals surface area contributed by atoms with Gasteiger partial charge in [-0.3, -0.25) is 0 Å². The SMILES string of the molecule is CC.CCCc1cc(N)ccc1C(C)C. The van der Waals surface area contributed by atoms with Crippen molar-refractivity contribution in [3.05, 3.63) is 29.3 Å². The molecule has 0 saturated carbocycles. The fourth-order valence-corrected chi connectivity index (χ4v) is 1.67. The molecule has 0 atom stereocenters. The maximum Gasteiger partial charge on any atom is 0.0316 e. The third-order valence-corrected chi connectivity index (χ3v) is 2.31. The fourth-order valence-electron chi connectivity index (χ4n) is 1.67. The van der Waals surface area contributed by atoms with Gasteiger partial charge in [0, 0.05) is 5.69 Å². The lowest BCUT2D eigenvalue weighted by Gasteiger charge is -2.12. The van der Waals surface area contributed by atoms with E-state index in [4.69, 9.17) is 5.73 Å². The Labute approximate surface area is 94.7 Å². The second-order valence-corrected chi connectivity index (χ2v) is 3.86. The lowest BCUT2D eigenvalue weighted by atomic mass is 9.94. The quantitative estimate of drug-likeness (QED) is 0.732. The average Bonchev–Trinajstić information content (AvgIpc) is 2.21. The van der Waals surface area contributed by atoms with Gasteiger partial charge < -0.3 is 5.73 Å². The zero-order valence-corrected chi connectivity index (χ0v) is 10.8. The van der Waals surface area contributed by atoms with E-state index in [0.29, 0.717) is 5.92 Å². The third-order valence-electron chi connectivity index (χ3n) is 2.31. The summed E-state index contributed by atoms with van der Waals surface area (Å²) in [5.41, 5.74) is 9.50. The van der Waals surface area contributed by atoms with Crippen LogP contribution in [0.1, 0.15) is 58.1 Å². The smallest absolute Gasteiger partial charge is 0.0316 e. The van der Waals surface area contributed by atoms with Crippen molar-refractivity contribution in [2.24, 2.45) is 0 Å². The zero-order valence-electron chi connectivity index (χ0n) is 10.8. The van der Waals surface area contributed by atoms with Crippen molar-refractivity contribution in [1.29, 1.82) is 0 Å². The first-order chi connectivity index (χ1) is 7.15. The van der Waals surface area contributed by atoms with Crippen LogP contribution in [0.15, 0.2) is 18.2 Å². The van der Waals surface area contributed by atoms with Crippen LogP contribution in [0.3, 0.4) is 0 Å². The largest absolute Gasteiger partial charge is 0.399 e. The molecule has 0 bridgehead atoms. The van der Waals surface area contributed by atoms with Crippen LogP contribution in [0.2, 0.25) is 0 Å². The number of hydrogen-bond acceptors (Lipinski definition) is 1. The number of nitrogen functional groups attached to an aromatic ring is 1. The van der Waals surface area contributed by atoms with E-state index in [1.54, 1.807) is 0 Å². The number of aryl methyl sites for hydroxylation is 1. The van der Waals surface area contributed by atoms with E-state index in [1.807, 2.05) is 19.9 Å². The van der Waals surface area contributed by atoms with Gasteiger partial charge in [-0.1, -0.05) is 47.1 Å². The highest BCUT2D eigenvalue weighted by atomic mass is 14.5. The van der Waals surface area contributed by atoms with Gasteiger partial charge in [0.2, 0.25) is 0 Å². The van der Waals surface area contributed by atoms with Crippen molar-refractivity contribution in [3.8, 4) is 0 Å². The van der Waals surface area contributed by atoms with Gasteiger partial charge in [-0.25, -0.2) is 0 Å². The van der Waals surface area contributed by atoms with Crippen LogP contribution >= 0.6 is 0 Å². The van der Waals surface area contributed by atoms with E-state index in [2.05, 4.69) is 32.9 Å². The number of nitrogens with two attached hydrogens (primary N) is 1. The standard InChI is InChI=1S/C12H19N.C2H6/c1-4-5-10-8-11(13)6-7-12(10)9(2)3;1-2/h6-9H,4-5,13H2,1-3H3;1-2H3. The number of benzene rings is 1. The summed E-state index contributed by atoms with van der Waals surface area (Å²) in [5.74, 6) is 0.599. The Hall–Kier alpha value is -0.980. The van der Waals surface area contributed by atoms with Gasteiger partial charge >= 0.3 is 0 Å². The first kappa shape index (κ1) is 14.0. The molecule has 1 aromatic rings. The maximum atomic E-state index is 5.76. The third kappa shape index (κ3) is 4.37. The topological polar surface area (TPSA) is 26.0 Å². The summed E-state index contributed by atoms with van der Waals surface area (Å²) < 4.78 is 0. The summed E-state index contributed by atoms with van der Waals surface area (Å²) in [6.45, 7) is 10.7. The molecule has 0 aromatic heterocycles. The Balaban J connectivity index is 0.000000921. The molecule has 0 aliphatic rings. The van der Waals surface area contributed by atoms with Crippen molar-refractivity contribution in [3.63, 3.8) is 0 Å². The fraction of sp³-hybridized carbons (Fsp3) is 0.571. The molecule has 0 radical (unpaired) electrons. The Bertz CT molecular complexity index is 277. The molecule has 2 N–H and O–H groups in total. The van der Waals surface area contributed by atoms with Crippen LogP contribution in [-0.4, -0.2) is 0 Å². The molecular weight excluding hydrogens is 182 g/mol. The second-order valence-electron chi connectivity index (χ2n) is 3.86. The Morgan fingerprint density at radius 2 is 1.80 bits per heavy atom. The Morgan fingerprint density at radius 1 is 1.20 bits per heavy atom. The molecule has 0 heterocycles. The van der Waals surface area contributed by atoms with Crippen molar-refractivity contribution in [1.82, 2.24) is 0 Å². The first-order valence-electron chi connectivity index (χ1n) is 6.03. The lowest BCUT2D eigenvalue weighted by molar-refractivity contribution is 0.821. The second kappa shape index (κ2) is 7.33. The van der Waals surface area contributed by atoms with E-state index in [9.17, 15) is 0 Å². The van der Waals surface area contributed by atoms with Gasteiger partial charge in [0.25, 0.3) is 0 Å². The molecule has 1 nitrogen and oxygen atoms in total. The van der Waals surface area contributed by atoms with E-state index >= 15 is 0 Å². The number of hydrogen-bond donors (Lipinski definition) is 1. The average molecular weight is 207 g/mol. The van der Waals surface area contributed by atoms with Gasteiger partial charge in [-0.15, -0.1) is 0 Å². The molecule has 1 aromatic carbocycles. The molecule has 1 rings (SSSR count). The molecule has 0 aliphatic heterocycles. The summed E-state index contributed by atoms with van der Waals surface area (Å²) in [4.78, 5) is 0. The zero-order chi connectivity index (χ0) is 11.8. The van der Waals surface area contributed by atoms with Gasteiger partial charge in [-0.05, 0) is 35.6 Å². The van der Waals surface area contributed by atoms with Crippen LogP contribution in [0.5, 0.6) is 0 Å². The molecule has 0 fully saturated rings. The molecular formula is C14H25N. The molecule has 15 heavy (non-hydrogen) atoms. The summed E-state index contributed by atoms with van der Waals surface area (Å²) in [5, 5.41) is 0. The van der Waals surface area contributed by atoms with E-state index in [-0.39, 0.29) is 0 Å². The van der Waals surface area contributed by atoms with Gasteiger partial charge in [0.05, 0.1) is 0 Å². The van der Waals surface area contributed by atoms with Crippen molar-refractivity contribution >= 4 is 5.69 Å². The summed E-state index contributed by atoms with van der Waals surface area (Å²) >= 11 is 0.